The predicted octanol–water partition coefficient (Wildman–Crippen LogP) is 4.44. The first-order valence-corrected chi connectivity index (χ1v) is 10.9. The molecule has 0 aliphatic carbocycles. The Balaban J connectivity index is 1.53. The first kappa shape index (κ1) is 17.9. The second kappa shape index (κ2) is 7.66. The summed E-state index contributed by atoms with van der Waals surface area (Å²) in [5, 5.41) is 4.28. The number of rotatable bonds is 4. The van der Waals surface area contributed by atoms with Gasteiger partial charge in [0.2, 0.25) is 5.95 Å². The summed E-state index contributed by atoms with van der Waals surface area (Å²) in [5.74, 6) is 1.95. The zero-order valence-corrected chi connectivity index (χ0v) is 17.0. The molecule has 0 amide bonds. The van der Waals surface area contributed by atoms with Crippen molar-refractivity contribution in [3.63, 3.8) is 0 Å². The molecule has 1 N–H and O–H groups in total. The van der Waals surface area contributed by atoms with Crippen LogP contribution in [0.5, 0.6) is 0 Å². The van der Waals surface area contributed by atoms with Gasteiger partial charge in [0.15, 0.2) is 11.5 Å². The smallest absolute Gasteiger partial charge is 0.229 e. The maximum absolute atomic E-state index is 6.38. The zero-order valence-electron chi connectivity index (χ0n) is 16.2. The van der Waals surface area contributed by atoms with E-state index in [4.69, 9.17) is 21.6 Å². The molecule has 1 aromatic carbocycles. The van der Waals surface area contributed by atoms with Crippen LogP contribution in [0.3, 0.4) is 0 Å². The van der Waals surface area contributed by atoms with Crippen molar-refractivity contribution in [3.05, 3.63) is 34.9 Å². The number of fused-ring (bicyclic) bond motifs is 1. The highest BCUT2D eigenvalue weighted by Gasteiger charge is 2.24. The summed E-state index contributed by atoms with van der Waals surface area (Å²) in [6.07, 6.45) is 7.54. The standard InChI is InChI=1S/C21H27ClN6/c22-17-10-4-3-9-16(17)15-28-20-18(25-28)19(26-11-5-1-6-12-26)23-21(24-20)27-13-7-2-8-14-27/h3-4,9-10,25H,1-2,5-8,11-15H2. The largest absolute Gasteiger partial charge is 0.355 e. The summed E-state index contributed by atoms with van der Waals surface area (Å²) in [6.45, 7) is 4.96. The number of halogens is 1. The van der Waals surface area contributed by atoms with Crippen molar-refractivity contribution < 1.29 is 0 Å². The van der Waals surface area contributed by atoms with Crippen LogP contribution < -0.4 is 9.80 Å². The molecule has 148 valence electrons. The van der Waals surface area contributed by atoms with Crippen molar-refractivity contribution in [3.8, 4) is 0 Å². The molecule has 0 saturated carbocycles. The van der Waals surface area contributed by atoms with Gasteiger partial charge in [-0.05, 0) is 50.2 Å². The molecule has 0 unspecified atom stereocenters. The highest BCUT2D eigenvalue weighted by Crippen LogP contribution is 2.31. The molecule has 6 nitrogen and oxygen atoms in total. The van der Waals surface area contributed by atoms with E-state index in [0.29, 0.717) is 6.54 Å². The lowest BCUT2D eigenvalue weighted by Crippen LogP contribution is -2.35. The fourth-order valence-corrected chi connectivity index (χ4v) is 4.53. The Morgan fingerprint density at radius 1 is 0.857 bits per heavy atom. The van der Waals surface area contributed by atoms with E-state index >= 15 is 0 Å². The minimum atomic E-state index is 0.697. The van der Waals surface area contributed by atoms with Gasteiger partial charge >= 0.3 is 0 Å². The van der Waals surface area contributed by atoms with E-state index in [2.05, 4.69) is 25.6 Å². The summed E-state index contributed by atoms with van der Waals surface area (Å²) in [5.41, 5.74) is 3.16. The Labute approximate surface area is 170 Å². The molecular weight excluding hydrogens is 372 g/mol. The Hall–Kier alpha value is -2.21. The Morgan fingerprint density at radius 3 is 2.25 bits per heavy atom. The van der Waals surface area contributed by atoms with Gasteiger partial charge in [-0.25, -0.2) is 0 Å². The molecule has 7 heteroatoms. The highest BCUT2D eigenvalue weighted by atomic mass is 35.5. The summed E-state index contributed by atoms with van der Waals surface area (Å²) in [4.78, 5) is 14.7. The van der Waals surface area contributed by atoms with E-state index in [0.717, 1.165) is 59.7 Å². The fourth-order valence-electron chi connectivity index (χ4n) is 4.34. The quantitative estimate of drug-likeness (QED) is 0.705. The fraction of sp³-hybridized carbons (Fsp3) is 0.524. The molecule has 2 fully saturated rings. The van der Waals surface area contributed by atoms with Crippen LogP contribution in [0.25, 0.3) is 11.2 Å². The predicted molar refractivity (Wildman–Crippen MR) is 115 cm³/mol. The third-order valence-electron chi connectivity index (χ3n) is 5.94. The topological polar surface area (TPSA) is 53.0 Å². The molecule has 3 aromatic rings. The zero-order chi connectivity index (χ0) is 18.9. The van der Waals surface area contributed by atoms with Crippen molar-refractivity contribution in [2.75, 3.05) is 36.0 Å². The van der Waals surface area contributed by atoms with Gasteiger partial charge in [0, 0.05) is 31.2 Å². The third kappa shape index (κ3) is 3.34. The van der Waals surface area contributed by atoms with Gasteiger partial charge in [-0.2, -0.15) is 9.97 Å². The number of aromatic nitrogens is 4. The van der Waals surface area contributed by atoms with Crippen LogP contribution in [0.4, 0.5) is 11.8 Å². The second-order valence-electron chi connectivity index (χ2n) is 7.93. The average molecular weight is 399 g/mol. The number of H-pyrrole nitrogens is 1. The summed E-state index contributed by atoms with van der Waals surface area (Å²) in [7, 11) is 0. The monoisotopic (exact) mass is 398 g/mol. The molecule has 28 heavy (non-hydrogen) atoms. The number of nitrogens with one attached hydrogen (secondary N) is 1. The van der Waals surface area contributed by atoms with Gasteiger partial charge in [0.05, 0.1) is 6.54 Å². The van der Waals surface area contributed by atoms with E-state index in [1.54, 1.807) is 0 Å². The molecular formula is C21H27ClN6. The number of piperidine rings is 2. The van der Waals surface area contributed by atoms with Crippen LogP contribution in [0.2, 0.25) is 5.02 Å². The third-order valence-corrected chi connectivity index (χ3v) is 6.31. The van der Waals surface area contributed by atoms with Crippen LogP contribution in [0.15, 0.2) is 24.3 Å². The van der Waals surface area contributed by atoms with Gasteiger partial charge in [-0.1, -0.05) is 29.8 Å². The van der Waals surface area contributed by atoms with Crippen molar-refractivity contribution in [2.24, 2.45) is 0 Å². The molecule has 4 heterocycles. The van der Waals surface area contributed by atoms with Crippen molar-refractivity contribution in [1.29, 1.82) is 0 Å². The SMILES string of the molecule is Clc1ccccc1Cn1[nH]c2c(N3CCCCC3)nc(N3CCCCC3)nc21. The minimum absolute atomic E-state index is 0.697. The lowest BCUT2D eigenvalue weighted by molar-refractivity contribution is 0.558. The minimum Gasteiger partial charge on any atom is -0.355 e. The first-order chi connectivity index (χ1) is 13.8. The van der Waals surface area contributed by atoms with Crippen LogP contribution >= 0.6 is 11.6 Å². The summed E-state index contributed by atoms with van der Waals surface area (Å²) < 4.78 is 2.10. The summed E-state index contributed by atoms with van der Waals surface area (Å²) >= 11 is 6.38. The molecule has 0 bridgehead atoms. The maximum Gasteiger partial charge on any atom is 0.229 e. The Bertz CT molecular complexity index is 949. The maximum atomic E-state index is 6.38. The molecule has 0 radical (unpaired) electrons. The first-order valence-electron chi connectivity index (χ1n) is 10.5. The van der Waals surface area contributed by atoms with Crippen LogP contribution in [-0.2, 0) is 6.54 Å². The van der Waals surface area contributed by atoms with Crippen molar-refractivity contribution in [2.45, 2.75) is 45.1 Å². The molecule has 2 aliphatic heterocycles. The Kier molecular flexibility index (Phi) is 4.89. The van der Waals surface area contributed by atoms with Crippen molar-refractivity contribution >= 4 is 34.5 Å². The molecule has 0 spiro atoms. The van der Waals surface area contributed by atoms with Gasteiger partial charge in [0.1, 0.15) is 5.52 Å². The molecule has 5 rings (SSSR count). The number of nitrogens with zero attached hydrogens (tertiary/aromatic N) is 5. The van der Waals surface area contributed by atoms with E-state index in [9.17, 15) is 0 Å². The lowest BCUT2D eigenvalue weighted by atomic mass is 10.1. The molecule has 2 saturated heterocycles. The van der Waals surface area contributed by atoms with Gasteiger partial charge in [-0.15, -0.1) is 0 Å². The van der Waals surface area contributed by atoms with Crippen molar-refractivity contribution in [1.82, 2.24) is 19.7 Å². The average Bonchev–Trinajstić information content (AvgIpc) is 2.74. The number of anilines is 2. The van der Waals surface area contributed by atoms with Crippen LogP contribution in [0, 0.1) is 0 Å². The van der Waals surface area contributed by atoms with Crippen LogP contribution in [0.1, 0.15) is 44.1 Å². The van der Waals surface area contributed by atoms with E-state index in [-0.39, 0.29) is 0 Å². The Morgan fingerprint density at radius 2 is 1.54 bits per heavy atom. The highest BCUT2D eigenvalue weighted by molar-refractivity contribution is 6.31. The lowest BCUT2D eigenvalue weighted by Gasteiger charge is -2.32. The van der Waals surface area contributed by atoms with E-state index in [1.807, 2.05) is 18.2 Å². The summed E-state index contributed by atoms with van der Waals surface area (Å²) in [6, 6.07) is 8.00. The molecule has 2 aliphatic rings. The van der Waals surface area contributed by atoms with Gasteiger partial charge in [-0.3, -0.25) is 9.78 Å². The van der Waals surface area contributed by atoms with Crippen LogP contribution in [-0.4, -0.2) is 45.9 Å². The second-order valence-corrected chi connectivity index (χ2v) is 8.34. The molecule has 0 atom stereocenters. The van der Waals surface area contributed by atoms with Gasteiger partial charge in [0.25, 0.3) is 0 Å². The van der Waals surface area contributed by atoms with E-state index in [1.165, 1.54) is 38.5 Å². The number of hydrogen-bond donors (Lipinski definition) is 1. The number of benzene rings is 1. The number of hydrogen-bond acceptors (Lipinski definition) is 4. The normalized spacial score (nSPS) is 18.2. The van der Waals surface area contributed by atoms with E-state index < -0.39 is 0 Å². The van der Waals surface area contributed by atoms with Gasteiger partial charge < -0.3 is 9.80 Å². The molecule has 2 aromatic heterocycles. The number of aromatic amines is 1.